The number of rotatable bonds is 6. The molecule has 0 aliphatic carbocycles. The first-order valence-electron chi connectivity index (χ1n) is 7.44. The Morgan fingerprint density at radius 2 is 1.91 bits per heavy atom. The predicted octanol–water partition coefficient (Wildman–Crippen LogP) is 4.04. The molecule has 23 heavy (non-hydrogen) atoms. The molecule has 0 saturated carbocycles. The Morgan fingerprint density at radius 1 is 1.22 bits per heavy atom. The van der Waals surface area contributed by atoms with Crippen LogP contribution in [0.4, 0.5) is 10.5 Å². The van der Waals surface area contributed by atoms with Crippen LogP contribution in [0.5, 0.6) is 0 Å². The average molecular weight is 431 g/mol. The fraction of sp³-hybridized carbons (Fsp3) is 0.412. The molecular formula is C17H22INO4. The van der Waals surface area contributed by atoms with Crippen molar-refractivity contribution < 1.29 is 13.9 Å². The van der Waals surface area contributed by atoms with E-state index in [-0.39, 0.29) is 10.6 Å². The molecule has 0 bridgehead atoms. The molecule has 6 heteroatoms. The van der Waals surface area contributed by atoms with Gasteiger partial charge in [0.15, 0.2) is 0 Å². The molecule has 2 rings (SSSR count). The number of nitrogens with zero attached hydrogens (tertiary/aromatic N) is 1. The predicted molar refractivity (Wildman–Crippen MR) is 102 cm³/mol. The Kier molecular flexibility index (Phi) is 6.04. The number of carbonyl (C=O) groups is 1. The van der Waals surface area contributed by atoms with Crippen LogP contribution >= 0.6 is 19.8 Å². The van der Waals surface area contributed by atoms with Crippen molar-refractivity contribution in [3.05, 3.63) is 40.2 Å². The summed E-state index contributed by atoms with van der Waals surface area (Å²) in [6.07, 6.45) is 0. The van der Waals surface area contributed by atoms with Crippen molar-refractivity contribution in [3.8, 4) is 0 Å². The molecule has 0 saturated heterocycles. The molecule has 1 heterocycles. The fourth-order valence-electron chi connectivity index (χ4n) is 2.37. The van der Waals surface area contributed by atoms with Crippen LogP contribution in [-0.2, 0) is 11.3 Å². The standard InChI is InChI=1S/C17H22INO4/c1-5-19(6-2)13-7-8-14-12(11-22-17(21)18(3)4)9-16(20)23-15(14)10-13/h7-10H,5-6,11H2,1-4H3. The molecule has 1 aromatic carbocycles. The number of carbonyl (C=O) groups excluding carboxylic acids is 1. The van der Waals surface area contributed by atoms with E-state index in [0.717, 1.165) is 24.2 Å². The molecule has 2 aromatic rings. The van der Waals surface area contributed by atoms with Gasteiger partial charge in [-0.2, -0.15) is 0 Å². The summed E-state index contributed by atoms with van der Waals surface area (Å²) in [5.74, 6) is 0. The van der Waals surface area contributed by atoms with Gasteiger partial charge < -0.3 is 0 Å². The zero-order valence-corrected chi connectivity index (χ0v) is 16.0. The monoisotopic (exact) mass is 431 g/mol. The van der Waals surface area contributed by atoms with E-state index < -0.39 is 25.4 Å². The van der Waals surface area contributed by atoms with Crippen molar-refractivity contribution in [2.24, 2.45) is 0 Å². The Labute approximate surface area is 143 Å². The first-order chi connectivity index (χ1) is 11.0. The second kappa shape index (κ2) is 7.81. The van der Waals surface area contributed by atoms with E-state index in [2.05, 4.69) is 18.7 Å². The number of hydrogen-bond acceptors (Lipinski definition) is 5. The number of ether oxygens (including phenoxy) is 1. The molecule has 0 radical (unpaired) electrons. The minimum absolute atomic E-state index is 0.112. The normalized spacial score (nSPS) is 11.4. The van der Waals surface area contributed by atoms with Crippen LogP contribution in [0.1, 0.15) is 19.4 Å². The Morgan fingerprint density at radius 3 is 2.52 bits per heavy atom. The molecule has 0 amide bonds. The van der Waals surface area contributed by atoms with E-state index >= 15 is 0 Å². The third kappa shape index (κ3) is 4.25. The summed E-state index contributed by atoms with van der Waals surface area (Å²) in [4.78, 5) is 29.5. The summed E-state index contributed by atoms with van der Waals surface area (Å²) in [5.41, 5.74) is 1.80. The van der Waals surface area contributed by atoms with Crippen molar-refractivity contribution in [2.45, 2.75) is 20.5 Å². The van der Waals surface area contributed by atoms with Gasteiger partial charge in [0.2, 0.25) is 0 Å². The van der Waals surface area contributed by atoms with E-state index in [0.29, 0.717) is 11.1 Å². The second-order valence-corrected chi connectivity index (χ2v) is 10.4. The van der Waals surface area contributed by atoms with Crippen molar-refractivity contribution in [2.75, 3.05) is 27.9 Å². The van der Waals surface area contributed by atoms with Crippen LogP contribution in [0.25, 0.3) is 11.0 Å². The van der Waals surface area contributed by atoms with E-state index in [4.69, 9.17) is 9.15 Å². The van der Waals surface area contributed by atoms with Crippen LogP contribution in [0, 0.1) is 0 Å². The molecule has 0 spiro atoms. The van der Waals surface area contributed by atoms with Gasteiger partial charge in [-0.25, -0.2) is 0 Å². The zero-order chi connectivity index (χ0) is 17.0. The maximum absolute atomic E-state index is 11.8. The molecular weight excluding hydrogens is 409 g/mol. The number of fused-ring (bicyclic) bond motifs is 1. The summed E-state index contributed by atoms with van der Waals surface area (Å²) < 4.78 is 10.5. The maximum atomic E-state index is 11.8. The third-order valence-corrected chi connectivity index (χ3v) is 5.67. The minimum atomic E-state index is -1.64. The quantitative estimate of drug-likeness (QED) is 0.299. The average Bonchev–Trinajstić information content (AvgIpc) is 2.52. The molecule has 0 N–H and O–H groups in total. The molecule has 126 valence electrons. The number of hydrogen-bond donors (Lipinski definition) is 0. The first-order valence-corrected chi connectivity index (χ1v) is 12.8. The van der Waals surface area contributed by atoms with Gasteiger partial charge in [-0.3, -0.25) is 0 Å². The molecule has 0 unspecified atom stereocenters. The zero-order valence-electron chi connectivity index (χ0n) is 13.9. The summed E-state index contributed by atoms with van der Waals surface area (Å²) in [6, 6.07) is 7.19. The molecule has 0 fully saturated rings. The van der Waals surface area contributed by atoms with Gasteiger partial charge in [-0.1, -0.05) is 0 Å². The fourth-order valence-corrected chi connectivity index (χ4v) is 3.15. The summed E-state index contributed by atoms with van der Waals surface area (Å²) in [7, 11) is 0. The number of halogens is 1. The van der Waals surface area contributed by atoms with Crippen LogP contribution < -0.4 is 10.5 Å². The molecule has 0 atom stereocenters. The van der Waals surface area contributed by atoms with Gasteiger partial charge in [-0.05, 0) is 0 Å². The summed E-state index contributed by atoms with van der Waals surface area (Å²) >= 11 is -1.64. The van der Waals surface area contributed by atoms with E-state index in [1.807, 2.05) is 28.1 Å². The van der Waals surface area contributed by atoms with Crippen LogP contribution in [0.3, 0.4) is 0 Å². The topological polar surface area (TPSA) is 59.8 Å². The van der Waals surface area contributed by atoms with Gasteiger partial charge >= 0.3 is 143 Å². The van der Waals surface area contributed by atoms with Crippen molar-refractivity contribution in [3.63, 3.8) is 0 Å². The Balaban J connectivity index is 2.39. The van der Waals surface area contributed by atoms with Gasteiger partial charge in [-0.15, -0.1) is 0 Å². The number of benzene rings is 1. The van der Waals surface area contributed by atoms with Crippen molar-refractivity contribution in [1.82, 2.24) is 0 Å². The van der Waals surface area contributed by atoms with Crippen LogP contribution in [-0.4, -0.2) is 26.9 Å². The Hall–Kier alpha value is -1.57. The van der Waals surface area contributed by atoms with Gasteiger partial charge in [0, 0.05) is 0 Å². The summed E-state index contributed by atoms with van der Waals surface area (Å²) in [6.45, 7) is 6.03. The SMILES string of the molecule is CCN(CC)c1ccc2c(COC(=O)I(C)C)cc(=O)oc2c1. The van der Waals surface area contributed by atoms with Crippen LogP contribution in [0.15, 0.2) is 33.5 Å². The Bertz CT molecular complexity index is 750. The van der Waals surface area contributed by atoms with Gasteiger partial charge in [0.25, 0.3) is 0 Å². The second-order valence-electron chi connectivity index (χ2n) is 5.23. The van der Waals surface area contributed by atoms with E-state index in [9.17, 15) is 9.59 Å². The van der Waals surface area contributed by atoms with Crippen LogP contribution in [0.2, 0.25) is 0 Å². The number of alkyl halides is 2. The van der Waals surface area contributed by atoms with Gasteiger partial charge in [0.05, 0.1) is 0 Å². The first kappa shape index (κ1) is 17.8. The summed E-state index contributed by atoms with van der Waals surface area (Å²) in [5, 5.41) is 0.806. The van der Waals surface area contributed by atoms with E-state index in [1.165, 1.54) is 6.07 Å². The van der Waals surface area contributed by atoms with Crippen molar-refractivity contribution in [1.29, 1.82) is 0 Å². The third-order valence-electron chi connectivity index (χ3n) is 3.59. The molecule has 5 nitrogen and oxygen atoms in total. The van der Waals surface area contributed by atoms with E-state index in [1.54, 1.807) is 0 Å². The van der Waals surface area contributed by atoms with Crippen molar-refractivity contribution >= 4 is 40.5 Å². The molecule has 0 aliphatic rings. The number of anilines is 1. The van der Waals surface area contributed by atoms with Gasteiger partial charge in [0.1, 0.15) is 0 Å². The molecule has 1 aromatic heterocycles. The molecule has 0 aliphatic heterocycles.